The van der Waals surface area contributed by atoms with Gasteiger partial charge in [-0.15, -0.1) is 0 Å². The maximum absolute atomic E-state index is 12.4. The summed E-state index contributed by atoms with van der Waals surface area (Å²) in [5.74, 6) is 5.89. The number of rotatable bonds is 2. The Kier molecular flexibility index (Phi) is 5.66. The second kappa shape index (κ2) is 7.95. The fourth-order valence-electron chi connectivity index (χ4n) is 3.22. The van der Waals surface area contributed by atoms with E-state index in [0.29, 0.717) is 23.4 Å². The van der Waals surface area contributed by atoms with Crippen LogP contribution in [-0.2, 0) is 0 Å². The number of halogens is 1. The van der Waals surface area contributed by atoms with Gasteiger partial charge in [0.05, 0.1) is 0 Å². The Hall–Kier alpha value is -2.28. The highest BCUT2D eigenvalue weighted by molar-refractivity contribution is 6.30. The summed E-state index contributed by atoms with van der Waals surface area (Å²) in [7, 11) is 0. The Morgan fingerprint density at radius 1 is 1.27 bits per heavy atom. The third-order valence-electron chi connectivity index (χ3n) is 4.64. The Morgan fingerprint density at radius 2 is 2.04 bits per heavy atom. The van der Waals surface area contributed by atoms with Crippen LogP contribution in [0.2, 0.25) is 5.02 Å². The number of hydrogen-bond donors (Lipinski definition) is 2. The van der Waals surface area contributed by atoms with Gasteiger partial charge in [0.2, 0.25) is 0 Å². The van der Waals surface area contributed by atoms with E-state index < -0.39 is 5.60 Å². The Morgan fingerprint density at radius 3 is 2.77 bits per heavy atom. The average Bonchev–Trinajstić information content (AvgIpc) is 2.61. The predicted molar refractivity (Wildman–Crippen MR) is 104 cm³/mol. The standard InChI is InChI=1S/C22H22ClNO2/c1-16-7-9-18(10-8-16)21(25)24-20-6-3-12-22(26,15-20)13-11-17-4-2-5-19(23)14-17/h2,4-5,7-10,14,20,26H,3,6,12,15H2,1H3,(H,24,25)/t20-,22+/m0/s1. The highest BCUT2D eigenvalue weighted by Crippen LogP contribution is 2.28. The summed E-state index contributed by atoms with van der Waals surface area (Å²) in [6.07, 6.45) is 2.70. The van der Waals surface area contributed by atoms with Crippen molar-refractivity contribution in [3.63, 3.8) is 0 Å². The lowest BCUT2D eigenvalue weighted by atomic mass is 9.82. The maximum Gasteiger partial charge on any atom is 0.251 e. The normalized spacial score (nSPS) is 22.2. The Balaban J connectivity index is 1.66. The molecule has 1 aliphatic carbocycles. The number of nitrogens with one attached hydrogen (secondary N) is 1. The van der Waals surface area contributed by atoms with Crippen LogP contribution >= 0.6 is 11.6 Å². The molecule has 2 aromatic rings. The lowest BCUT2D eigenvalue weighted by Gasteiger charge is -2.33. The van der Waals surface area contributed by atoms with Gasteiger partial charge in [0.1, 0.15) is 5.60 Å². The molecule has 0 bridgehead atoms. The van der Waals surface area contributed by atoms with E-state index in [1.54, 1.807) is 12.1 Å². The van der Waals surface area contributed by atoms with Gasteiger partial charge in [0.15, 0.2) is 0 Å². The minimum atomic E-state index is -1.09. The first kappa shape index (κ1) is 18.5. The molecule has 1 aliphatic rings. The summed E-state index contributed by atoms with van der Waals surface area (Å²) < 4.78 is 0. The third kappa shape index (κ3) is 4.88. The lowest BCUT2D eigenvalue weighted by molar-refractivity contribution is 0.0452. The zero-order valence-corrected chi connectivity index (χ0v) is 15.5. The minimum absolute atomic E-state index is 0.0868. The van der Waals surface area contributed by atoms with Crippen molar-refractivity contribution in [3.05, 3.63) is 70.2 Å². The molecule has 0 saturated heterocycles. The van der Waals surface area contributed by atoms with E-state index in [0.717, 1.165) is 24.0 Å². The summed E-state index contributed by atoms with van der Waals surface area (Å²) in [6, 6.07) is 14.7. The van der Waals surface area contributed by atoms with Gasteiger partial charge in [-0.25, -0.2) is 0 Å². The molecule has 0 radical (unpaired) electrons. The van der Waals surface area contributed by atoms with Gasteiger partial charge in [0.25, 0.3) is 5.91 Å². The van der Waals surface area contributed by atoms with Gasteiger partial charge in [-0.3, -0.25) is 4.79 Å². The van der Waals surface area contributed by atoms with Gasteiger partial charge < -0.3 is 10.4 Å². The third-order valence-corrected chi connectivity index (χ3v) is 4.88. The molecule has 2 N–H and O–H groups in total. The van der Waals surface area contributed by atoms with E-state index in [2.05, 4.69) is 17.2 Å². The monoisotopic (exact) mass is 367 g/mol. The number of hydrogen-bond acceptors (Lipinski definition) is 2. The van der Waals surface area contributed by atoms with Crippen LogP contribution < -0.4 is 5.32 Å². The molecule has 2 aromatic carbocycles. The SMILES string of the molecule is Cc1ccc(C(=O)N[C@H]2CCC[C@@](O)(C#Cc3cccc(Cl)c3)C2)cc1. The van der Waals surface area contributed by atoms with Gasteiger partial charge in [-0.05, 0) is 56.5 Å². The number of amides is 1. The van der Waals surface area contributed by atoms with Gasteiger partial charge in [-0.1, -0.05) is 47.2 Å². The molecule has 134 valence electrons. The molecule has 1 amide bonds. The first-order valence-corrected chi connectivity index (χ1v) is 9.20. The van der Waals surface area contributed by atoms with E-state index in [1.165, 1.54) is 0 Å². The molecule has 0 heterocycles. The van der Waals surface area contributed by atoms with E-state index >= 15 is 0 Å². The van der Waals surface area contributed by atoms with Crippen LogP contribution in [0.4, 0.5) is 0 Å². The first-order chi connectivity index (χ1) is 12.4. The van der Waals surface area contributed by atoms with Crippen molar-refractivity contribution < 1.29 is 9.90 Å². The highest BCUT2D eigenvalue weighted by Gasteiger charge is 2.33. The topological polar surface area (TPSA) is 49.3 Å². The fraction of sp³-hybridized carbons (Fsp3) is 0.318. The quantitative estimate of drug-likeness (QED) is 0.785. The number of benzene rings is 2. The lowest BCUT2D eigenvalue weighted by Crippen LogP contribution is -2.45. The second-order valence-corrected chi connectivity index (χ2v) is 7.36. The molecule has 3 nitrogen and oxygen atoms in total. The molecule has 26 heavy (non-hydrogen) atoms. The van der Waals surface area contributed by atoms with Crippen molar-refractivity contribution in [2.24, 2.45) is 0 Å². The van der Waals surface area contributed by atoms with Crippen LogP contribution in [0.15, 0.2) is 48.5 Å². The number of carbonyl (C=O) groups is 1. The molecule has 0 unspecified atom stereocenters. The van der Waals surface area contributed by atoms with E-state index in [1.807, 2.05) is 43.3 Å². The minimum Gasteiger partial charge on any atom is -0.378 e. The Bertz CT molecular complexity index is 850. The van der Waals surface area contributed by atoms with Crippen LogP contribution in [0.5, 0.6) is 0 Å². The molecule has 3 rings (SSSR count). The van der Waals surface area contributed by atoms with Crippen molar-refractivity contribution in [1.82, 2.24) is 5.32 Å². The zero-order chi connectivity index (χ0) is 18.6. The largest absolute Gasteiger partial charge is 0.378 e. The number of carbonyl (C=O) groups excluding carboxylic acids is 1. The molecule has 0 spiro atoms. The molecule has 1 fully saturated rings. The first-order valence-electron chi connectivity index (χ1n) is 8.82. The van der Waals surface area contributed by atoms with Gasteiger partial charge >= 0.3 is 0 Å². The zero-order valence-electron chi connectivity index (χ0n) is 14.8. The summed E-state index contributed by atoms with van der Waals surface area (Å²) in [5.41, 5.74) is 1.43. The van der Waals surface area contributed by atoms with E-state index in [9.17, 15) is 9.90 Å². The van der Waals surface area contributed by atoms with E-state index in [-0.39, 0.29) is 11.9 Å². The van der Waals surface area contributed by atoms with Crippen LogP contribution in [0.3, 0.4) is 0 Å². The molecule has 1 saturated carbocycles. The van der Waals surface area contributed by atoms with Crippen molar-refractivity contribution in [3.8, 4) is 11.8 Å². The molecule has 4 heteroatoms. The average molecular weight is 368 g/mol. The number of aryl methyl sites for hydroxylation is 1. The van der Waals surface area contributed by atoms with Crippen molar-refractivity contribution in [2.75, 3.05) is 0 Å². The van der Waals surface area contributed by atoms with E-state index in [4.69, 9.17) is 11.6 Å². The molecular weight excluding hydrogens is 346 g/mol. The van der Waals surface area contributed by atoms with Gasteiger partial charge in [-0.2, -0.15) is 0 Å². The molecule has 0 aromatic heterocycles. The van der Waals surface area contributed by atoms with Crippen molar-refractivity contribution in [2.45, 2.75) is 44.2 Å². The summed E-state index contributed by atoms with van der Waals surface area (Å²) in [6.45, 7) is 1.99. The molecule has 2 atom stereocenters. The van der Waals surface area contributed by atoms with Crippen LogP contribution in [0, 0.1) is 18.8 Å². The summed E-state index contributed by atoms with van der Waals surface area (Å²) in [4.78, 5) is 12.4. The van der Waals surface area contributed by atoms with Crippen LogP contribution in [-0.4, -0.2) is 22.7 Å². The smallest absolute Gasteiger partial charge is 0.251 e. The second-order valence-electron chi connectivity index (χ2n) is 6.92. The Labute approximate surface area is 159 Å². The fourth-order valence-corrected chi connectivity index (χ4v) is 3.41. The summed E-state index contributed by atoms with van der Waals surface area (Å²) >= 11 is 5.97. The van der Waals surface area contributed by atoms with Crippen LogP contribution in [0.1, 0.15) is 47.2 Å². The molecular formula is C22H22ClNO2. The molecule has 0 aliphatic heterocycles. The van der Waals surface area contributed by atoms with Crippen molar-refractivity contribution >= 4 is 17.5 Å². The summed E-state index contributed by atoms with van der Waals surface area (Å²) in [5, 5.41) is 14.5. The number of aliphatic hydroxyl groups is 1. The highest BCUT2D eigenvalue weighted by atomic mass is 35.5. The maximum atomic E-state index is 12.4. The predicted octanol–water partition coefficient (Wildman–Crippen LogP) is 4.10. The van der Waals surface area contributed by atoms with Gasteiger partial charge in [0, 0.05) is 28.6 Å². The van der Waals surface area contributed by atoms with Crippen molar-refractivity contribution in [1.29, 1.82) is 0 Å². The van der Waals surface area contributed by atoms with Crippen LogP contribution in [0.25, 0.3) is 0 Å².